The van der Waals surface area contributed by atoms with Gasteiger partial charge in [-0.05, 0) is 61.2 Å². The summed E-state index contributed by atoms with van der Waals surface area (Å²) in [5.74, 6) is -1.66. The number of nitrogens with zero attached hydrogens (tertiary/aromatic N) is 3. The topological polar surface area (TPSA) is 96.3 Å². The van der Waals surface area contributed by atoms with E-state index in [4.69, 9.17) is 0 Å². The maximum Gasteiger partial charge on any atom is 0.416 e. The van der Waals surface area contributed by atoms with E-state index in [1.807, 2.05) is 54.6 Å². The van der Waals surface area contributed by atoms with Crippen molar-refractivity contribution >= 4 is 23.5 Å². The van der Waals surface area contributed by atoms with E-state index in [-0.39, 0.29) is 24.6 Å². The zero-order chi connectivity index (χ0) is 31.7. The summed E-state index contributed by atoms with van der Waals surface area (Å²) in [7, 11) is 0. The van der Waals surface area contributed by atoms with Crippen LogP contribution in [0.15, 0.2) is 96.7 Å². The molecule has 0 unspecified atom stereocenters. The molecule has 8 nitrogen and oxygen atoms in total. The Morgan fingerprint density at radius 1 is 0.956 bits per heavy atom. The first kappa shape index (κ1) is 29.9. The van der Waals surface area contributed by atoms with Crippen LogP contribution in [0.4, 0.5) is 19.0 Å². The number of carbonyl (C=O) groups excluding carboxylic acids is 3. The number of halogens is 3. The second kappa shape index (κ2) is 12.1. The molecule has 0 fully saturated rings. The number of benzene rings is 3. The lowest BCUT2D eigenvalue weighted by Crippen LogP contribution is -2.55. The van der Waals surface area contributed by atoms with E-state index >= 15 is 0 Å². The van der Waals surface area contributed by atoms with Gasteiger partial charge in [-0.2, -0.15) is 18.3 Å². The van der Waals surface area contributed by atoms with Gasteiger partial charge in [0.05, 0.1) is 17.4 Å². The maximum atomic E-state index is 14.3. The Bertz CT molecular complexity index is 1800. The third kappa shape index (κ3) is 5.73. The largest absolute Gasteiger partial charge is 0.416 e. The van der Waals surface area contributed by atoms with Crippen molar-refractivity contribution < 1.29 is 27.6 Å². The van der Waals surface area contributed by atoms with Gasteiger partial charge in [0.15, 0.2) is 0 Å². The fraction of sp³-hybridized carbons (Fsp3) is 0.235. The molecule has 0 saturated heterocycles. The number of allylic oxidation sites excluding steroid dienone is 1. The summed E-state index contributed by atoms with van der Waals surface area (Å²) in [5, 5.41) is 10.4. The van der Waals surface area contributed by atoms with Crippen molar-refractivity contribution in [1.82, 2.24) is 20.4 Å². The number of amides is 3. The molecule has 11 heteroatoms. The lowest BCUT2D eigenvalue weighted by atomic mass is 9.80. The van der Waals surface area contributed by atoms with E-state index in [1.54, 1.807) is 23.9 Å². The van der Waals surface area contributed by atoms with Crippen LogP contribution in [0.25, 0.3) is 5.69 Å². The lowest BCUT2D eigenvalue weighted by Gasteiger charge is -2.38. The summed E-state index contributed by atoms with van der Waals surface area (Å²) in [6, 6.07) is 19.5. The highest BCUT2D eigenvalue weighted by Crippen LogP contribution is 2.42. The van der Waals surface area contributed by atoms with Crippen LogP contribution in [0, 0.1) is 0 Å². The van der Waals surface area contributed by atoms with Crippen LogP contribution >= 0.6 is 0 Å². The monoisotopic (exact) mass is 613 g/mol. The minimum atomic E-state index is -4.64. The van der Waals surface area contributed by atoms with Crippen molar-refractivity contribution in [2.75, 3.05) is 11.4 Å². The summed E-state index contributed by atoms with van der Waals surface area (Å²) in [6.45, 7) is 2.22. The molecule has 2 atom stereocenters. The number of para-hydroxylation sites is 1. The van der Waals surface area contributed by atoms with Crippen molar-refractivity contribution in [3.05, 3.63) is 125 Å². The summed E-state index contributed by atoms with van der Waals surface area (Å²) in [5.41, 5.74) is 2.31. The van der Waals surface area contributed by atoms with E-state index in [9.17, 15) is 27.6 Å². The highest BCUT2D eigenvalue weighted by Gasteiger charge is 2.45. The zero-order valence-electron chi connectivity index (χ0n) is 24.3. The van der Waals surface area contributed by atoms with Crippen molar-refractivity contribution in [2.24, 2.45) is 0 Å². The molecule has 45 heavy (non-hydrogen) atoms. The highest BCUT2D eigenvalue weighted by molar-refractivity contribution is 6.05. The minimum Gasteiger partial charge on any atom is -0.348 e. The summed E-state index contributed by atoms with van der Waals surface area (Å²) in [6.07, 6.45) is 0.463. The molecule has 0 radical (unpaired) electrons. The molecule has 1 aliphatic heterocycles. The number of hydrogen-bond donors (Lipinski definition) is 2. The fourth-order valence-corrected chi connectivity index (χ4v) is 5.84. The molecule has 2 aliphatic rings. The minimum absolute atomic E-state index is 0.167. The van der Waals surface area contributed by atoms with E-state index < -0.39 is 35.5 Å². The van der Waals surface area contributed by atoms with Crippen LogP contribution in [-0.4, -0.2) is 40.1 Å². The molecule has 230 valence electrons. The second-order valence-corrected chi connectivity index (χ2v) is 10.9. The molecule has 2 heterocycles. The van der Waals surface area contributed by atoms with Crippen LogP contribution in [0.1, 0.15) is 58.3 Å². The third-order valence-corrected chi connectivity index (χ3v) is 8.21. The lowest BCUT2D eigenvalue weighted by molar-refractivity contribution is -0.137. The van der Waals surface area contributed by atoms with Crippen molar-refractivity contribution in [3.63, 3.8) is 0 Å². The number of fused-ring (bicyclic) bond motifs is 1. The van der Waals surface area contributed by atoms with Gasteiger partial charge in [-0.3, -0.25) is 19.3 Å². The molecular weight excluding hydrogens is 583 g/mol. The SMILES string of the molecule is CCN1C(=O)[C@@H](NC(=O)c2cccc(C(F)(F)F)c2)[C@H](c2ccccc2CNC(=O)C2=CCC2)c2cnn(-c3ccccc3)c21. The van der Waals surface area contributed by atoms with Gasteiger partial charge in [-0.1, -0.05) is 54.6 Å². The predicted octanol–water partition coefficient (Wildman–Crippen LogP) is 5.52. The molecule has 0 bridgehead atoms. The molecule has 1 aliphatic carbocycles. The van der Waals surface area contributed by atoms with Gasteiger partial charge < -0.3 is 10.6 Å². The summed E-state index contributed by atoms with van der Waals surface area (Å²) in [4.78, 5) is 42.0. The van der Waals surface area contributed by atoms with Gasteiger partial charge in [-0.25, -0.2) is 4.68 Å². The van der Waals surface area contributed by atoms with Gasteiger partial charge in [0.2, 0.25) is 5.91 Å². The van der Waals surface area contributed by atoms with Gasteiger partial charge in [0.25, 0.3) is 11.8 Å². The standard InChI is InChI=1S/C34H30F3N5O3/c1-2-41-32-27(20-39-42(32)25-15-4-3-5-16-25)28(26-17-7-6-10-23(26)19-38-30(43)21-11-8-12-21)29(33(41)45)40-31(44)22-13-9-14-24(18-22)34(35,36)37/h3-7,9-11,13-18,20,28-29H,2,8,12,19H2,1H3,(H,38,43)(H,40,44)/t28-,29+/m1/s1. The van der Waals surface area contributed by atoms with E-state index in [0.717, 1.165) is 41.4 Å². The van der Waals surface area contributed by atoms with E-state index in [0.29, 0.717) is 23.4 Å². The van der Waals surface area contributed by atoms with Crippen molar-refractivity contribution in [2.45, 2.75) is 44.4 Å². The molecule has 4 aromatic rings. The number of rotatable bonds is 8. The van der Waals surface area contributed by atoms with Crippen molar-refractivity contribution in [3.8, 4) is 5.69 Å². The van der Waals surface area contributed by atoms with E-state index in [2.05, 4.69) is 15.7 Å². The molecule has 2 N–H and O–H groups in total. The number of carbonyl (C=O) groups is 3. The van der Waals surface area contributed by atoms with Crippen molar-refractivity contribution in [1.29, 1.82) is 0 Å². The van der Waals surface area contributed by atoms with Gasteiger partial charge in [0.1, 0.15) is 11.9 Å². The normalized spacial score (nSPS) is 17.6. The van der Waals surface area contributed by atoms with Gasteiger partial charge >= 0.3 is 6.18 Å². The average molecular weight is 614 g/mol. The first-order valence-electron chi connectivity index (χ1n) is 14.6. The Balaban J connectivity index is 1.45. The van der Waals surface area contributed by atoms with Crippen LogP contribution in [-0.2, 0) is 22.3 Å². The van der Waals surface area contributed by atoms with E-state index in [1.165, 1.54) is 11.0 Å². The predicted molar refractivity (Wildman–Crippen MR) is 162 cm³/mol. The van der Waals surface area contributed by atoms with Crippen LogP contribution in [0.3, 0.4) is 0 Å². The molecule has 3 aromatic carbocycles. The number of hydrogen-bond acceptors (Lipinski definition) is 4. The average Bonchev–Trinajstić information content (AvgIpc) is 3.44. The molecular formula is C34H30F3N5O3. The van der Waals surface area contributed by atoms with Crippen LogP contribution in [0.5, 0.6) is 0 Å². The third-order valence-electron chi connectivity index (χ3n) is 8.21. The van der Waals surface area contributed by atoms with Gasteiger partial charge in [0, 0.05) is 35.7 Å². The maximum absolute atomic E-state index is 14.3. The Morgan fingerprint density at radius 3 is 2.38 bits per heavy atom. The smallest absolute Gasteiger partial charge is 0.348 e. The quantitative estimate of drug-likeness (QED) is 0.274. The number of anilines is 1. The molecule has 0 saturated carbocycles. The second-order valence-electron chi connectivity index (χ2n) is 10.9. The fourth-order valence-electron chi connectivity index (χ4n) is 5.84. The Kier molecular flexibility index (Phi) is 8.01. The number of likely N-dealkylation sites (N-methyl/N-ethyl adjacent to an activating group) is 1. The zero-order valence-corrected chi connectivity index (χ0v) is 24.3. The Morgan fingerprint density at radius 2 is 1.69 bits per heavy atom. The summed E-state index contributed by atoms with van der Waals surface area (Å²) >= 11 is 0. The molecule has 6 rings (SSSR count). The number of aromatic nitrogens is 2. The van der Waals surface area contributed by atoms with Crippen LogP contribution < -0.4 is 15.5 Å². The number of nitrogens with one attached hydrogen (secondary N) is 2. The first-order chi connectivity index (χ1) is 21.7. The molecule has 0 spiro atoms. The molecule has 3 amide bonds. The Hall–Kier alpha value is -5.19. The highest BCUT2D eigenvalue weighted by atomic mass is 19.4. The molecule has 1 aromatic heterocycles. The van der Waals surface area contributed by atoms with Gasteiger partial charge in [-0.15, -0.1) is 0 Å². The summed E-state index contributed by atoms with van der Waals surface area (Å²) < 4.78 is 42.0. The first-order valence-corrected chi connectivity index (χ1v) is 14.6. The Labute approximate surface area is 257 Å². The van der Waals surface area contributed by atoms with Crippen LogP contribution in [0.2, 0.25) is 0 Å². The number of alkyl halides is 3.